The monoisotopic (exact) mass is 299 g/mol. The van der Waals surface area contributed by atoms with Crippen molar-refractivity contribution in [3.8, 4) is 5.75 Å². The number of thioether (sulfide) groups is 1. The highest BCUT2D eigenvalue weighted by atomic mass is 32.2. The van der Waals surface area contributed by atoms with Gasteiger partial charge >= 0.3 is 0 Å². The van der Waals surface area contributed by atoms with Gasteiger partial charge in [0.25, 0.3) is 0 Å². The van der Waals surface area contributed by atoms with Gasteiger partial charge in [-0.2, -0.15) is 11.8 Å². The number of rotatable bonds is 8. The van der Waals surface area contributed by atoms with Crippen molar-refractivity contribution in [1.82, 2.24) is 4.90 Å². The Balaban J connectivity index is 2.73. The number of methoxy groups -OCH3 is 1. The number of ether oxygens (including phenoxy) is 1. The van der Waals surface area contributed by atoms with Crippen LogP contribution in [-0.4, -0.2) is 49.4 Å². The number of hydrogen-bond donors (Lipinski definition) is 0. The summed E-state index contributed by atoms with van der Waals surface area (Å²) in [5.74, 6) is 0.562. The van der Waals surface area contributed by atoms with Gasteiger partial charge in [-0.15, -0.1) is 0 Å². The van der Waals surface area contributed by atoms with Gasteiger partial charge in [0.1, 0.15) is 0 Å². The fourth-order valence-electron chi connectivity index (χ4n) is 2.04. The van der Waals surface area contributed by atoms with E-state index in [-0.39, 0.29) is 11.5 Å². The fourth-order valence-corrected chi connectivity index (χ4v) is 2.91. The summed E-state index contributed by atoms with van der Waals surface area (Å²) >= 11 is 1.76. The van der Waals surface area contributed by atoms with Crippen LogP contribution < -0.4 is 4.74 Å². The number of halogens is 1. The van der Waals surface area contributed by atoms with Gasteiger partial charge in [-0.1, -0.05) is 6.92 Å². The first-order valence-corrected chi connectivity index (χ1v) is 7.98. The average Bonchev–Trinajstić information content (AvgIpc) is 2.44. The molecule has 0 amide bonds. The summed E-state index contributed by atoms with van der Waals surface area (Å²) in [5, 5.41) is 0. The van der Waals surface area contributed by atoms with Crippen LogP contribution in [0.25, 0.3) is 0 Å². The van der Waals surface area contributed by atoms with Crippen LogP contribution in [0.4, 0.5) is 4.39 Å². The van der Waals surface area contributed by atoms with Gasteiger partial charge < -0.3 is 4.74 Å². The summed E-state index contributed by atoms with van der Waals surface area (Å²) in [6, 6.07) is 4.69. The SMILES string of the molecule is CCC(CSC)N(C)CC(=O)c1ccc(OC)c(F)c1. The zero-order valence-electron chi connectivity index (χ0n) is 12.5. The molecule has 1 unspecified atom stereocenters. The standard InChI is InChI=1S/C15H22FNO2S/c1-5-12(10-20-4)17(2)9-14(18)11-6-7-15(19-3)13(16)8-11/h6-8,12H,5,9-10H2,1-4H3. The molecule has 0 bridgehead atoms. The maximum Gasteiger partial charge on any atom is 0.176 e. The first-order valence-electron chi connectivity index (χ1n) is 6.59. The van der Waals surface area contributed by atoms with Crippen LogP contribution in [0, 0.1) is 5.82 Å². The van der Waals surface area contributed by atoms with Gasteiger partial charge in [-0.3, -0.25) is 9.69 Å². The molecule has 0 aliphatic rings. The Kier molecular flexibility index (Phi) is 7.02. The summed E-state index contributed by atoms with van der Waals surface area (Å²) in [6.45, 7) is 2.40. The van der Waals surface area contributed by atoms with E-state index in [1.807, 2.05) is 11.9 Å². The fraction of sp³-hybridized carbons (Fsp3) is 0.533. The molecule has 112 valence electrons. The molecule has 5 heteroatoms. The van der Waals surface area contributed by atoms with Crippen molar-refractivity contribution in [1.29, 1.82) is 0 Å². The lowest BCUT2D eigenvalue weighted by Gasteiger charge is -2.25. The highest BCUT2D eigenvalue weighted by molar-refractivity contribution is 7.98. The minimum Gasteiger partial charge on any atom is -0.494 e. The summed E-state index contributed by atoms with van der Waals surface area (Å²) in [4.78, 5) is 14.2. The first-order chi connectivity index (χ1) is 9.53. The van der Waals surface area contributed by atoms with Crippen LogP contribution in [0.2, 0.25) is 0 Å². The molecular formula is C15H22FNO2S. The van der Waals surface area contributed by atoms with E-state index in [0.29, 0.717) is 18.2 Å². The predicted molar refractivity (Wildman–Crippen MR) is 82.4 cm³/mol. The van der Waals surface area contributed by atoms with E-state index < -0.39 is 5.82 Å². The minimum atomic E-state index is -0.503. The number of carbonyl (C=O) groups excluding carboxylic acids is 1. The van der Waals surface area contributed by atoms with Crippen LogP contribution in [0.5, 0.6) is 5.75 Å². The number of benzene rings is 1. The van der Waals surface area contributed by atoms with E-state index in [9.17, 15) is 9.18 Å². The minimum absolute atomic E-state index is 0.0754. The molecule has 0 N–H and O–H groups in total. The Bertz CT molecular complexity index is 453. The Morgan fingerprint density at radius 2 is 2.20 bits per heavy atom. The van der Waals surface area contributed by atoms with Gasteiger partial charge in [0.2, 0.25) is 0 Å². The molecule has 0 aliphatic heterocycles. The molecule has 0 radical (unpaired) electrons. The van der Waals surface area contributed by atoms with E-state index in [0.717, 1.165) is 12.2 Å². The largest absolute Gasteiger partial charge is 0.494 e. The van der Waals surface area contributed by atoms with Gasteiger partial charge in [0.15, 0.2) is 17.3 Å². The molecule has 0 spiro atoms. The Labute approximate surface area is 124 Å². The van der Waals surface area contributed by atoms with Crippen molar-refractivity contribution in [3.05, 3.63) is 29.6 Å². The molecule has 3 nitrogen and oxygen atoms in total. The Morgan fingerprint density at radius 1 is 1.50 bits per heavy atom. The predicted octanol–water partition coefficient (Wildman–Crippen LogP) is 3.09. The molecule has 1 atom stereocenters. The molecule has 1 aromatic carbocycles. The smallest absolute Gasteiger partial charge is 0.176 e. The highest BCUT2D eigenvalue weighted by Gasteiger charge is 2.17. The van der Waals surface area contributed by atoms with E-state index in [1.54, 1.807) is 17.8 Å². The summed E-state index contributed by atoms with van der Waals surface area (Å²) < 4.78 is 18.4. The van der Waals surface area contributed by atoms with Crippen LogP contribution in [0.1, 0.15) is 23.7 Å². The molecule has 0 aromatic heterocycles. The highest BCUT2D eigenvalue weighted by Crippen LogP contribution is 2.18. The van der Waals surface area contributed by atoms with Crippen molar-refractivity contribution in [3.63, 3.8) is 0 Å². The lowest BCUT2D eigenvalue weighted by atomic mass is 10.1. The Morgan fingerprint density at radius 3 is 2.70 bits per heavy atom. The van der Waals surface area contributed by atoms with E-state index in [2.05, 4.69) is 13.2 Å². The van der Waals surface area contributed by atoms with Crippen LogP contribution >= 0.6 is 11.8 Å². The van der Waals surface area contributed by atoms with Crippen molar-refractivity contribution < 1.29 is 13.9 Å². The molecular weight excluding hydrogens is 277 g/mol. The first kappa shape index (κ1) is 17.0. The van der Waals surface area contributed by atoms with Crippen molar-refractivity contribution in [2.75, 3.05) is 32.7 Å². The average molecular weight is 299 g/mol. The van der Waals surface area contributed by atoms with Crippen LogP contribution in [0.15, 0.2) is 18.2 Å². The second kappa shape index (κ2) is 8.27. The normalized spacial score (nSPS) is 12.5. The maximum atomic E-state index is 13.6. The van der Waals surface area contributed by atoms with Crippen molar-refractivity contribution in [2.24, 2.45) is 0 Å². The lowest BCUT2D eigenvalue weighted by Crippen LogP contribution is -2.37. The number of nitrogens with zero attached hydrogens (tertiary/aromatic N) is 1. The van der Waals surface area contributed by atoms with Gasteiger partial charge in [0, 0.05) is 17.4 Å². The van der Waals surface area contributed by atoms with Crippen LogP contribution in [0.3, 0.4) is 0 Å². The summed E-state index contributed by atoms with van der Waals surface area (Å²) in [5.41, 5.74) is 0.383. The summed E-state index contributed by atoms with van der Waals surface area (Å²) in [6.07, 6.45) is 3.04. The van der Waals surface area contributed by atoms with Gasteiger partial charge in [0.05, 0.1) is 13.7 Å². The topological polar surface area (TPSA) is 29.5 Å². The van der Waals surface area contributed by atoms with Crippen molar-refractivity contribution >= 4 is 17.5 Å². The third-order valence-corrected chi connectivity index (χ3v) is 4.04. The lowest BCUT2D eigenvalue weighted by molar-refractivity contribution is 0.0924. The zero-order valence-corrected chi connectivity index (χ0v) is 13.3. The number of likely N-dealkylation sites (N-methyl/N-ethyl adjacent to an activating group) is 1. The molecule has 0 saturated heterocycles. The third-order valence-electron chi connectivity index (χ3n) is 3.32. The number of ketones is 1. The maximum absolute atomic E-state index is 13.6. The van der Waals surface area contributed by atoms with Crippen LogP contribution in [-0.2, 0) is 0 Å². The molecule has 1 rings (SSSR count). The van der Waals surface area contributed by atoms with E-state index in [4.69, 9.17) is 4.74 Å². The molecule has 0 heterocycles. The molecule has 0 saturated carbocycles. The van der Waals surface area contributed by atoms with E-state index in [1.165, 1.54) is 19.2 Å². The molecule has 20 heavy (non-hydrogen) atoms. The molecule has 0 aliphatic carbocycles. The van der Waals surface area contributed by atoms with Gasteiger partial charge in [-0.05, 0) is 37.9 Å². The Hall–Kier alpha value is -1.07. The number of Topliss-reactive ketones (excluding diaryl/α,β-unsaturated/α-hetero) is 1. The third kappa shape index (κ3) is 4.49. The second-order valence-corrected chi connectivity index (χ2v) is 5.62. The second-order valence-electron chi connectivity index (χ2n) is 4.71. The number of hydrogen-bond acceptors (Lipinski definition) is 4. The molecule has 0 fully saturated rings. The number of carbonyl (C=O) groups is 1. The van der Waals surface area contributed by atoms with Crippen molar-refractivity contribution in [2.45, 2.75) is 19.4 Å². The quantitative estimate of drug-likeness (QED) is 0.690. The van der Waals surface area contributed by atoms with E-state index >= 15 is 0 Å². The summed E-state index contributed by atoms with van der Waals surface area (Å²) in [7, 11) is 3.34. The zero-order chi connectivity index (χ0) is 15.1. The van der Waals surface area contributed by atoms with Gasteiger partial charge in [-0.25, -0.2) is 4.39 Å². The molecule has 1 aromatic rings.